The second-order valence-corrected chi connectivity index (χ2v) is 9.12. The summed E-state index contributed by atoms with van der Waals surface area (Å²) in [5.41, 5.74) is 0. The second-order valence-electron chi connectivity index (χ2n) is 9.12. The van der Waals surface area contributed by atoms with Crippen LogP contribution in [0.3, 0.4) is 0 Å². The molecule has 0 atom stereocenters. The first kappa shape index (κ1) is 28.3. The number of aromatic hydroxyl groups is 1. The zero-order valence-corrected chi connectivity index (χ0v) is 20.7. The molecule has 0 saturated carbocycles. The second kappa shape index (κ2) is 21.1. The van der Waals surface area contributed by atoms with E-state index in [2.05, 4.69) is 6.92 Å². The van der Waals surface area contributed by atoms with Crippen LogP contribution in [0, 0.1) is 0 Å². The topological polar surface area (TPSA) is 46.5 Å². The van der Waals surface area contributed by atoms with Crippen molar-refractivity contribution in [2.24, 2.45) is 0 Å². The van der Waals surface area contributed by atoms with Gasteiger partial charge in [0.2, 0.25) is 0 Å². The van der Waals surface area contributed by atoms with Crippen molar-refractivity contribution in [3.8, 4) is 11.5 Å². The van der Waals surface area contributed by atoms with E-state index >= 15 is 0 Å². The van der Waals surface area contributed by atoms with Gasteiger partial charge in [-0.05, 0) is 18.6 Å². The van der Waals surface area contributed by atoms with Crippen molar-refractivity contribution in [2.45, 2.75) is 129 Å². The summed E-state index contributed by atoms with van der Waals surface area (Å²) in [4.78, 5) is 11.9. The molecule has 3 heteroatoms. The summed E-state index contributed by atoms with van der Waals surface area (Å²) in [6.07, 6.45) is 27.7. The molecule has 0 aliphatic carbocycles. The monoisotopic (exact) mass is 444 g/mol. The Kier molecular flexibility index (Phi) is 18.6. The lowest BCUT2D eigenvalue weighted by Crippen LogP contribution is -1.94. The highest BCUT2D eigenvalue weighted by atomic mass is 16.5. The number of benzene rings is 1. The summed E-state index contributed by atoms with van der Waals surface area (Å²) in [5.74, 6) is 0.523. The van der Waals surface area contributed by atoms with Crippen LogP contribution >= 0.6 is 0 Å². The number of carbonyl (C=O) groups is 1. The molecular weight excluding hydrogens is 396 g/mol. The van der Waals surface area contributed by atoms with Crippen molar-refractivity contribution >= 4 is 5.78 Å². The van der Waals surface area contributed by atoms with Gasteiger partial charge in [-0.25, -0.2) is 0 Å². The first-order valence-electron chi connectivity index (χ1n) is 13.4. The maximum absolute atomic E-state index is 11.9. The van der Waals surface area contributed by atoms with E-state index in [1.807, 2.05) is 0 Å². The van der Waals surface area contributed by atoms with Crippen molar-refractivity contribution in [1.82, 2.24) is 0 Å². The van der Waals surface area contributed by atoms with E-state index < -0.39 is 0 Å². The molecule has 3 nitrogen and oxygen atoms in total. The lowest BCUT2D eigenvalue weighted by Gasteiger charge is -2.04. The quantitative estimate of drug-likeness (QED) is 0.110. The first-order valence-corrected chi connectivity index (χ1v) is 13.4. The van der Waals surface area contributed by atoms with Crippen LogP contribution in [-0.4, -0.2) is 10.9 Å². The number of allylic oxidation sites excluding steroid dienone is 1. The number of phenolic OH excluding ortho intramolecular Hbond substituents is 1. The standard InChI is InChI=1S/C29H48O3/c1-2-3-4-5-6-7-8-9-10-11-12-13-14-15-16-17-18-19-22-27(30)25-26-32-29-24-21-20-23-28(29)31/h20-21,23-26,31H,2-19,22H2,1H3. The molecule has 0 aliphatic rings. The van der Waals surface area contributed by atoms with E-state index in [9.17, 15) is 9.90 Å². The van der Waals surface area contributed by atoms with Gasteiger partial charge in [0, 0.05) is 12.5 Å². The molecule has 182 valence electrons. The van der Waals surface area contributed by atoms with Crippen LogP contribution in [0.4, 0.5) is 0 Å². The lowest BCUT2D eigenvalue weighted by atomic mass is 10.0. The third kappa shape index (κ3) is 16.9. The molecule has 0 aliphatic heterocycles. The van der Waals surface area contributed by atoms with Crippen LogP contribution in [0.5, 0.6) is 11.5 Å². The summed E-state index contributed by atoms with van der Waals surface area (Å²) in [6, 6.07) is 6.74. The molecular formula is C29H48O3. The van der Waals surface area contributed by atoms with Crippen LogP contribution < -0.4 is 4.74 Å². The Balaban J connectivity index is 1.80. The number of para-hydroxylation sites is 2. The minimum atomic E-state index is 0.0769. The molecule has 0 radical (unpaired) electrons. The fraction of sp³-hybridized carbons (Fsp3) is 0.690. The highest BCUT2D eigenvalue weighted by molar-refractivity contribution is 5.89. The normalized spacial score (nSPS) is 11.3. The van der Waals surface area contributed by atoms with Crippen LogP contribution in [0.1, 0.15) is 129 Å². The smallest absolute Gasteiger partial charge is 0.168 e. The molecule has 0 heterocycles. The van der Waals surface area contributed by atoms with Crippen LogP contribution in [0.15, 0.2) is 36.6 Å². The SMILES string of the molecule is CCCCCCCCCCCCCCCCCCCCC(=O)C=COc1ccccc1O. The van der Waals surface area contributed by atoms with Crippen molar-refractivity contribution in [3.63, 3.8) is 0 Å². The highest BCUT2D eigenvalue weighted by Crippen LogP contribution is 2.24. The van der Waals surface area contributed by atoms with Gasteiger partial charge in [-0.15, -0.1) is 0 Å². The van der Waals surface area contributed by atoms with Crippen LogP contribution in [0.2, 0.25) is 0 Å². The number of phenols is 1. The third-order valence-corrected chi connectivity index (χ3v) is 6.09. The Morgan fingerprint density at radius 1 is 0.719 bits per heavy atom. The van der Waals surface area contributed by atoms with Gasteiger partial charge in [0.1, 0.15) is 0 Å². The van der Waals surface area contributed by atoms with Gasteiger partial charge in [-0.3, -0.25) is 4.79 Å². The average Bonchev–Trinajstić information content (AvgIpc) is 2.79. The summed E-state index contributed by atoms with van der Waals surface area (Å²) in [6.45, 7) is 2.28. The van der Waals surface area contributed by atoms with Gasteiger partial charge in [0.05, 0.1) is 6.26 Å². The fourth-order valence-electron chi connectivity index (χ4n) is 4.02. The molecule has 0 bridgehead atoms. The minimum Gasteiger partial charge on any atom is -0.504 e. The molecule has 1 aromatic rings. The maximum Gasteiger partial charge on any atom is 0.168 e. The van der Waals surface area contributed by atoms with Crippen LogP contribution in [-0.2, 0) is 4.79 Å². The summed E-state index contributed by atoms with van der Waals surface area (Å²) >= 11 is 0. The Morgan fingerprint density at radius 3 is 1.62 bits per heavy atom. The molecule has 0 spiro atoms. The summed E-state index contributed by atoms with van der Waals surface area (Å²) in [7, 11) is 0. The lowest BCUT2D eigenvalue weighted by molar-refractivity contribution is -0.114. The van der Waals surface area contributed by atoms with E-state index in [1.54, 1.807) is 24.3 Å². The van der Waals surface area contributed by atoms with E-state index in [4.69, 9.17) is 4.74 Å². The number of hydrogen-bond donors (Lipinski definition) is 1. The predicted molar refractivity (Wildman–Crippen MR) is 136 cm³/mol. The number of hydrogen-bond acceptors (Lipinski definition) is 3. The predicted octanol–water partition coefficient (Wildman–Crippen LogP) is 9.29. The highest BCUT2D eigenvalue weighted by Gasteiger charge is 2.00. The molecule has 1 N–H and O–H groups in total. The van der Waals surface area contributed by atoms with Crippen molar-refractivity contribution in [1.29, 1.82) is 0 Å². The van der Waals surface area contributed by atoms with Crippen molar-refractivity contribution in [2.75, 3.05) is 0 Å². The molecule has 1 aromatic carbocycles. The van der Waals surface area contributed by atoms with E-state index in [0.29, 0.717) is 12.2 Å². The van der Waals surface area contributed by atoms with Gasteiger partial charge >= 0.3 is 0 Å². The van der Waals surface area contributed by atoms with E-state index in [-0.39, 0.29) is 11.5 Å². The minimum absolute atomic E-state index is 0.0769. The van der Waals surface area contributed by atoms with Gasteiger partial charge in [-0.1, -0.05) is 128 Å². The maximum atomic E-state index is 11.9. The van der Waals surface area contributed by atoms with Gasteiger partial charge in [0.25, 0.3) is 0 Å². The molecule has 0 saturated heterocycles. The Bertz CT molecular complexity index is 594. The first-order chi connectivity index (χ1) is 15.7. The largest absolute Gasteiger partial charge is 0.504 e. The summed E-state index contributed by atoms with van der Waals surface area (Å²) < 4.78 is 5.30. The number of ketones is 1. The third-order valence-electron chi connectivity index (χ3n) is 6.09. The number of carbonyl (C=O) groups excluding carboxylic acids is 1. The Labute approximate surface area is 197 Å². The molecule has 0 amide bonds. The molecule has 0 aromatic heterocycles. The van der Waals surface area contributed by atoms with Gasteiger partial charge in [0.15, 0.2) is 17.3 Å². The Hall–Kier alpha value is -1.77. The van der Waals surface area contributed by atoms with Gasteiger partial charge in [-0.2, -0.15) is 0 Å². The fourth-order valence-corrected chi connectivity index (χ4v) is 4.02. The zero-order valence-electron chi connectivity index (χ0n) is 20.7. The van der Waals surface area contributed by atoms with E-state index in [1.165, 1.54) is 115 Å². The van der Waals surface area contributed by atoms with E-state index in [0.717, 1.165) is 12.8 Å². The van der Waals surface area contributed by atoms with Crippen molar-refractivity contribution in [3.05, 3.63) is 36.6 Å². The molecule has 0 unspecified atom stereocenters. The Morgan fingerprint density at radius 2 is 1.16 bits per heavy atom. The number of ether oxygens (including phenoxy) is 1. The number of rotatable bonds is 22. The van der Waals surface area contributed by atoms with Crippen LogP contribution in [0.25, 0.3) is 0 Å². The zero-order chi connectivity index (χ0) is 23.1. The molecule has 1 rings (SSSR count). The van der Waals surface area contributed by atoms with Gasteiger partial charge < -0.3 is 9.84 Å². The summed E-state index contributed by atoms with van der Waals surface area (Å²) in [5, 5.41) is 9.60. The average molecular weight is 445 g/mol. The molecule has 0 fully saturated rings. The van der Waals surface area contributed by atoms with Crippen molar-refractivity contribution < 1.29 is 14.6 Å². The number of unbranched alkanes of at least 4 members (excludes halogenated alkanes) is 17. The molecule has 32 heavy (non-hydrogen) atoms.